The Morgan fingerprint density at radius 2 is 1.48 bits per heavy atom. The predicted octanol–water partition coefficient (Wildman–Crippen LogP) is 2.99. The number of likely N-dealkylation sites (tertiary alicyclic amines) is 1. The first-order chi connectivity index (χ1) is 10.7. The number of hydrogen-bond acceptors (Lipinski definition) is 3. The normalized spacial score (nSPS) is 30.7. The van der Waals surface area contributed by atoms with Gasteiger partial charge in [-0.15, -0.1) is 12.4 Å². The van der Waals surface area contributed by atoms with E-state index in [1.807, 2.05) is 0 Å². The molecule has 5 heteroatoms. The van der Waals surface area contributed by atoms with Crippen LogP contribution in [0.4, 0.5) is 0 Å². The molecule has 3 rings (SSSR count). The number of halogens is 1. The number of carbonyl (C=O) groups is 1. The highest BCUT2D eigenvalue weighted by molar-refractivity contribution is 5.85. The number of rotatable bonds is 3. The van der Waals surface area contributed by atoms with Crippen molar-refractivity contribution < 1.29 is 9.53 Å². The van der Waals surface area contributed by atoms with Gasteiger partial charge in [0, 0.05) is 19.0 Å². The van der Waals surface area contributed by atoms with Crippen LogP contribution in [0.25, 0.3) is 0 Å². The highest BCUT2D eigenvalue weighted by Gasteiger charge is 2.30. The van der Waals surface area contributed by atoms with Crippen LogP contribution in [0.1, 0.15) is 58.3 Å². The molecular weight excluding hydrogens is 312 g/mol. The third-order valence-corrected chi connectivity index (χ3v) is 5.79. The van der Waals surface area contributed by atoms with Crippen molar-refractivity contribution in [2.45, 2.75) is 70.5 Å². The molecule has 3 aliphatic rings. The maximum atomic E-state index is 12.5. The lowest BCUT2D eigenvalue weighted by Crippen LogP contribution is -2.46. The maximum Gasteiger partial charge on any atom is 0.225 e. The highest BCUT2D eigenvalue weighted by atomic mass is 35.5. The van der Waals surface area contributed by atoms with Crippen molar-refractivity contribution in [1.82, 2.24) is 10.2 Å². The topological polar surface area (TPSA) is 41.6 Å². The van der Waals surface area contributed by atoms with Crippen LogP contribution in [0, 0.1) is 11.8 Å². The molecule has 0 aromatic rings. The van der Waals surface area contributed by atoms with Gasteiger partial charge in [-0.3, -0.25) is 4.79 Å². The number of hydrogen-bond donors (Lipinski definition) is 1. The molecule has 2 saturated heterocycles. The van der Waals surface area contributed by atoms with Crippen molar-refractivity contribution in [2.75, 3.05) is 26.2 Å². The monoisotopic (exact) mass is 344 g/mol. The number of amides is 1. The standard InChI is InChI=1S/C18H32N2O2.ClH/c1-14-2-4-16(5-3-14)22-17-8-12-20(13-9-17)18(21)15-6-10-19-11-7-15;/h14-17,19H,2-13H2,1H3;1H. The zero-order valence-corrected chi connectivity index (χ0v) is 15.3. The first-order valence-electron chi connectivity index (χ1n) is 9.37. The number of piperidine rings is 2. The molecule has 0 radical (unpaired) electrons. The van der Waals surface area contributed by atoms with E-state index < -0.39 is 0 Å². The van der Waals surface area contributed by atoms with Crippen LogP contribution >= 0.6 is 12.4 Å². The first-order valence-corrected chi connectivity index (χ1v) is 9.37. The summed E-state index contributed by atoms with van der Waals surface area (Å²) < 4.78 is 6.31. The molecule has 1 saturated carbocycles. The van der Waals surface area contributed by atoms with Gasteiger partial charge in [-0.2, -0.15) is 0 Å². The van der Waals surface area contributed by atoms with Gasteiger partial charge in [0.15, 0.2) is 0 Å². The molecule has 0 aromatic carbocycles. The largest absolute Gasteiger partial charge is 0.375 e. The molecular formula is C18H33ClN2O2. The fraction of sp³-hybridized carbons (Fsp3) is 0.944. The van der Waals surface area contributed by atoms with Crippen LogP contribution in [0.2, 0.25) is 0 Å². The quantitative estimate of drug-likeness (QED) is 0.855. The Bertz CT molecular complexity index is 358. The molecule has 0 bridgehead atoms. The van der Waals surface area contributed by atoms with E-state index in [4.69, 9.17) is 4.74 Å². The second-order valence-electron chi connectivity index (χ2n) is 7.57. The molecule has 1 N–H and O–H groups in total. The summed E-state index contributed by atoms with van der Waals surface area (Å²) in [6.45, 7) is 6.14. The van der Waals surface area contributed by atoms with Crippen molar-refractivity contribution >= 4 is 18.3 Å². The fourth-order valence-electron chi connectivity index (χ4n) is 4.18. The smallest absolute Gasteiger partial charge is 0.225 e. The van der Waals surface area contributed by atoms with Gasteiger partial charge >= 0.3 is 0 Å². The fourth-order valence-corrected chi connectivity index (χ4v) is 4.18. The Balaban J connectivity index is 0.00000192. The van der Waals surface area contributed by atoms with Crippen molar-refractivity contribution in [2.24, 2.45) is 11.8 Å². The lowest BCUT2D eigenvalue weighted by atomic mass is 9.88. The number of ether oxygens (including phenoxy) is 1. The van der Waals surface area contributed by atoms with Crippen molar-refractivity contribution in [3.63, 3.8) is 0 Å². The van der Waals surface area contributed by atoms with Crippen molar-refractivity contribution in [1.29, 1.82) is 0 Å². The average molecular weight is 345 g/mol. The van der Waals surface area contributed by atoms with Gasteiger partial charge in [-0.1, -0.05) is 6.92 Å². The minimum atomic E-state index is 0. The molecule has 0 aromatic heterocycles. The van der Waals surface area contributed by atoms with E-state index in [2.05, 4.69) is 17.1 Å². The van der Waals surface area contributed by atoms with Crippen molar-refractivity contribution in [3.8, 4) is 0 Å². The highest BCUT2D eigenvalue weighted by Crippen LogP contribution is 2.28. The molecule has 3 fully saturated rings. The average Bonchev–Trinajstić information content (AvgIpc) is 2.58. The Hall–Kier alpha value is -0.320. The summed E-state index contributed by atoms with van der Waals surface area (Å²) in [4.78, 5) is 14.6. The van der Waals surface area contributed by atoms with E-state index in [0.717, 1.165) is 57.8 Å². The van der Waals surface area contributed by atoms with Gasteiger partial charge in [-0.05, 0) is 70.4 Å². The first kappa shape index (κ1) is 19.0. The molecule has 0 atom stereocenters. The summed E-state index contributed by atoms with van der Waals surface area (Å²) >= 11 is 0. The third kappa shape index (κ3) is 5.33. The second kappa shape index (κ2) is 9.24. The Labute approximate surface area is 147 Å². The van der Waals surface area contributed by atoms with E-state index in [1.165, 1.54) is 25.7 Å². The Morgan fingerprint density at radius 3 is 2.09 bits per heavy atom. The van der Waals surface area contributed by atoms with Crippen LogP contribution in [-0.2, 0) is 9.53 Å². The van der Waals surface area contributed by atoms with Crippen LogP contribution in [-0.4, -0.2) is 49.2 Å². The molecule has 1 aliphatic carbocycles. The molecule has 2 aliphatic heterocycles. The summed E-state index contributed by atoms with van der Waals surface area (Å²) in [5, 5.41) is 3.34. The molecule has 134 valence electrons. The SMILES string of the molecule is CC1CCC(OC2CCN(C(=O)C3CCNCC3)CC2)CC1.Cl. The number of nitrogens with zero attached hydrogens (tertiary/aromatic N) is 1. The van der Waals surface area contributed by atoms with Gasteiger partial charge in [-0.25, -0.2) is 0 Å². The van der Waals surface area contributed by atoms with E-state index in [1.54, 1.807) is 0 Å². The molecule has 4 nitrogen and oxygen atoms in total. The third-order valence-electron chi connectivity index (χ3n) is 5.79. The summed E-state index contributed by atoms with van der Waals surface area (Å²) in [6.07, 6.45) is 10.0. The van der Waals surface area contributed by atoms with E-state index >= 15 is 0 Å². The van der Waals surface area contributed by atoms with Gasteiger partial charge in [0.2, 0.25) is 5.91 Å². The van der Waals surface area contributed by atoms with Gasteiger partial charge in [0.25, 0.3) is 0 Å². The minimum absolute atomic E-state index is 0. The van der Waals surface area contributed by atoms with Crippen LogP contribution in [0.15, 0.2) is 0 Å². The Morgan fingerprint density at radius 1 is 0.913 bits per heavy atom. The second-order valence-corrected chi connectivity index (χ2v) is 7.57. The van der Waals surface area contributed by atoms with Gasteiger partial charge in [0.1, 0.15) is 0 Å². The molecule has 2 heterocycles. The number of nitrogens with one attached hydrogen (secondary N) is 1. The molecule has 0 unspecified atom stereocenters. The maximum absolute atomic E-state index is 12.5. The van der Waals surface area contributed by atoms with Gasteiger partial charge in [0.05, 0.1) is 12.2 Å². The van der Waals surface area contributed by atoms with Crippen LogP contribution < -0.4 is 5.32 Å². The van der Waals surface area contributed by atoms with Crippen LogP contribution in [0.3, 0.4) is 0 Å². The summed E-state index contributed by atoms with van der Waals surface area (Å²) in [5.41, 5.74) is 0. The summed E-state index contributed by atoms with van der Waals surface area (Å²) in [5.74, 6) is 1.54. The van der Waals surface area contributed by atoms with Gasteiger partial charge < -0.3 is 15.0 Å². The summed E-state index contributed by atoms with van der Waals surface area (Å²) in [6, 6.07) is 0. The predicted molar refractivity (Wildman–Crippen MR) is 94.9 cm³/mol. The zero-order chi connectivity index (χ0) is 15.4. The Kier molecular flexibility index (Phi) is 7.64. The molecule has 23 heavy (non-hydrogen) atoms. The molecule has 0 spiro atoms. The van der Waals surface area contributed by atoms with Crippen molar-refractivity contribution in [3.05, 3.63) is 0 Å². The van der Waals surface area contributed by atoms with E-state index in [-0.39, 0.29) is 18.3 Å². The number of carbonyl (C=O) groups excluding carboxylic acids is 1. The van der Waals surface area contributed by atoms with E-state index in [9.17, 15) is 4.79 Å². The summed E-state index contributed by atoms with van der Waals surface area (Å²) in [7, 11) is 0. The van der Waals surface area contributed by atoms with Crippen LogP contribution in [0.5, 0.6) is 0 Å². The minimum Gasteiger partial charge on any atom is -0.375 e. The molecule has 1 amide bonds. The lowest BCUT2D eigenvalue weighted by Gasteiger charge is -2.37. The van der Waals surface area contributed by atoms with E-state index in [0.29, 0.717) is 18.1 Å². The lowest BCUT2D eigenvalue weighted by molar-refractivity contribution is -0.140. The zero-order valence-electron chi connectivity index (χ0n) is 14.5.